The first kappa shape index (κ1) is 21.4. The lowest BCUT2D eigenvalue weighted by atomic mass is 9.76. The van der Waals surface area contributed by atoms with Crippen molar-refractivity contribution in [3.8, 4) is 16.5 Å². The minimum Gasteiger partial charge on any atom is -0.478 e. The van der Waals surface area contributed by atoms with E-state index in [4.69, 9.17) is 10.7 Å². The summed E-state index contributed by atoms with van der Waals surface area (Å²) in [4.78, 5) is 22.1. The molecule has 0 saturated carbocycles. The molecule has 3 heterocycles. The Morgan fingerprint density at radius 1 is 1.31 bits per heavy atom. The molecule has 168 valence electrons. The average Bonchev–Trinajstić information content (AvgIpc) is 3.26. The molecule has 2 saturated heterocycles. The molecular formula is C25H29N3O3S. The molecule has 2 fully saturated rings. The van der Waals surface area contributed by atoms with Crippen molar-refractivity contribution in [2.75, 3.05) is 4.90 Å². The van der Waals surface area contributed by atoms with Gasteiger partial charge in [0.25, 0.3) is 0 Å². The first-order valence-corrected chi connectivity index (χ1v) is 12.2. The molecule has 1 aliphatic carbocycles. The summed E-state index contributed by atoms with van der Waals surface area (Å²) in [6.45, 7) is 4.42. The smallest absolute Gasteiger partial charge is 0.337 e. The molecule has 1 aromatic carbocycles. The van der Waals surface area contributed by atoms with E-state index in [0.717, 1.165) is 66.6 Å². The van der Waals surface area contributed by atoms with Crippen LogP contribution in [0.1, 0.15) is 72.3 Å². The fourth-order valence-electron chi connectivity index (χ4n) is 5.98. The molecule has 0 radical (unpaired) electrons. The Morgan fingerprint density at radius 3 is 2.66 bits per heavy atom. The minimum absolute atomic E-state index is 0.0662. The zero-order valence-corrected chi connectivity index (χ0v) is 19.4. The Balaban J connectivity index is 1.66. The third-order valence-electron chi connectivity index (χ3n) is 7.52. The van der Waals surface area contributed by atoms with Gasteiger partial charge < -0.3 is 14.8 Å². The van der Waals surface area contributed by atoms with Gasteiger partial charge in [0.15, 0.2) is 0 Å². The number of piperidine rings is 1. The topological polar surface area (TPSA) is 99.6 Å². The Bertz CT molecular complexity index is 1100. The summed E-state index contributed by atoms with van der Waals surface area (Å²) in [6, 6.07) is 8.62. The molecule has 0 amide bonds. The van der Waals surface area contributed by atoms with Crippen LogP contribution in [0.15, 0.2) is 18.2 Å². The number of aryl methyl sites for hydroxylation is 1. The van der Waals surface area contributed by atoms with Gasteiger partial charge in [-0.05, 0) is 74.1 Å². The van der Waals surface area contributed by atoms with Crippen LogP contribution in [0.25, 0.3) is 10.4 Å². The summed E-state index contributed by atoms with van der Waals surface area (Å²) >= 11 is 1.61. The summed E-state index contributed by atoms with van der Waals surface area (Å²) in [5.74, 6) is 4.64. The number of carboxylic acids is 1. The monoisotopic (exact) mass is 451 g/mol. The largest absolute Gasteiger partial charge is 0.478 e. The van der Waals surface area contributed by atoms with E-state index in [0.29, 0.717) is 23.2 Å². The third kappa shape index (κ3) is 3.51. The molecule has 32 heavy (non-hydrogen) atoms. The van der Waals surface area contributed by atoms with E-state index in [1.807, 2.05) is 18.2 Å². The summed E-state index contributed by atoms with van der Waals surface area (Å²) in [6.07, 6.45) is 6.69. The quantitative estimate of drug-likeness (QED) is 0.642. The predicted molar refractivity (Wildman–Crippen MR) is 125 cm³/mol. The van der Waals surface area contributed by atoms with E-state index >= 15 is 0 Å². The second-order valence-electron chi connectivity index (χ2n) is 10.2. The molecule has 7 heteroatoms. The zero-order chi connectivity index (χ0) is 22.6. The van der Waals surface area contributed by atoms with Gasteiger partial charge in [-0.1, -0.05) is 13.8 Å². The molecule has 2 aromatic rings. The average molecular weight is 452 g/mol. The molecule has 1 aromatic heterocycles. The molecule has 3 aliphatic rings. The van der Waals surface area contributed by atoms with Crippen molar-refractivity contribution >= 4 is 23.0 Å². The van der Waals surface area contributed by atoms with Crippen LogP contribution in [0.2, 0.25) is 0 Å². The van der Waals surface area contributed by atoms with Gasteiger partial charge in [0, 0.05) is 28.2 Å². The standard InChI is InChI=1S/C25H29N3O3S/c1-25(2)8-7-21-19(12-25)22(24(29)30)23(32-21)18-9-14(13-26)3-6-20(18)28-15-4-5-16(28)11-17(10-15)31-27/h3,6,9,15-17H,4-5,7-8,10-12,27H2,1-2H3,(H,29,30)/t15-,16+,17?. The van der Waals surface area contributed by atoms with E-state index in [9.17, 15) is 15.2 Å². The number of anilines is 1. The number of rotatable bonds is 4. The van der Waals surface area contributed by atoms with Crippen LogP contribution in [0.4, 0.5) is 5.69 Å². The SMILES string of the molecule is CC1(C)CCc2sc(-c3cc(C#N)ccc3N3[C@@H]4CC[C@H]3CC(ON)C4)c(C(=O)O)c2C1. The highest BCUT2D eigenvalue weighted by atomic mass is 32.1. The summed E-state index contributed by atoms with van der Waals surface area (Å²) in [5.41, 5.74) is 3.98. The molecule has 0 spiro atoms. The lowest BCUT2D eigenvalue weighted by molar-refractivity contribution is 0.0260. The number of aromatic carboxylic acids is 1. The number of nitrogens with two attached hydrogens (primary N) is 1. The second-order valence-corrected chi connectivity index (χ2v) is 11.3. The molecule has 2 aliphatic heterocycles. The van der Waals surface area contributed by atoms with Crippen molar-refractivity contribution in [1.82, 2.24) is 0 Å². The maximum Gasteiger partial charge on any atom is 0.337 e. The molecule has 1 unspecified atom stereocenters. The maximum atomic E-state index is 12.5. The van der Waals surface area contributed by atoms with Crippen LogP contribution in [-0.2, 0) is 17.7 Å². The van der Waals surface area contributed by atoms with Crippen molar-refractivity contribution in [1.29, 1.82) is 5.26 Å². The number of nitriles is 1. The number of carboxylic acid groups (broad SMARTS) is 1. The summed E-state index contributed by atoms with van der Waals surface area (Å²) < 4.78 is 0. The number of thiophene rings is 1. The Kier molecular flexibility index (Phi) is 5.28. The molecule has 6 nitrogen and oxygen atoms in total. The highest BCUT2D eigenvalue weighted by molar-refractivity contribution is 7.16. The van der Waals surface area contributed by atoms with Crippen LogP contribution in [0.5, 0.6) is 0 Å². The number of hydrogen-bond acceptors (Lipinski definition) is 6. The van der Waals surface area contributed by atoms with Crippen LogP contribution >= 0.6 is 11.3 Å². The number of fused-ring (bicyclic) bond motifs is 3. The number of nitrogens with zero attached hydrogens (tertiary/aromatic N) is 2. The van der Waals surface area contributed by atoms with Crippen molar-refractivity contribution in [3.05, 3.63) is 39.8 Å². The van der Waals surface area contributed by atoms with Crippen LogP contribution < -0.4 is 10.8 Å². The predicted octanol–water partition coefficient (Wildman–Crippen LogP) is 4.89. The zero-order valence-electron chi connectivity index (χ0n) is 18.6. The van der Waals surface area contributed by atoms with Gasteiger partial charge in [-0.15, -0.1) is 11.3 Å². The van der Waals surface area contributed by atoms with Gasteiger partial charge >= 0.3 is 5.97 Å². The number of carbonyl (C=O) groups is 1. The maximum absolute atomic E-state index is 12.5. The first-order valence-electron chi connectivity index (χ1n) is 11.4. The van der Waals surface area contributed by atoms with E-state index < -0.39 is 5.97 Å². The highest BCUT2D eigenvalue weighted by Crippen LogP contribution is 2.49. The fourth-order valence-corrected chi connectivity index (χ4v) is 7.31. The van der Waals surface area contributed by atoms with Crippen LogP contribution in [0, 0.1) is 16.7 Å². The van der Waals surface area contributed by atoms with Crippen molar-refractivity contribution in [2.45, 2.75) is 77.0 Å². The van der Waals surface area contributed by atoms with Crippen molar-refractivity contribution in [2.24, 2.45) is 11.3 Å². The molecule has 5 rings (SSSR count). The summed E-state index contributed by atoms with van der Waals surface area (Å²) in [5, 5.41) is 19.8. The Labute approximate surface area is 192 Å². The van der Waals surface area contributed by atoms with Crippen LogP contribution in [-0.4, -0.2) is 29.3 Å². The summed E-state index contributed by atoms with van der Waals surface area (Å²) in [7, 11) is 0. The Morgan fingerprint density at radius 2 is 2.03 bits per heavy atom. The van der Waals surface area contributed by atoms with Crippen LogP contribution in [0.3, 0.4) is 0 Å². The van der Waals surface area contributed by atoms with Crippen molar-refractivity contribution < 1.29 is 14.7 Å². The van der Waals surface area contributed by atoms with E-state index in [2.05, 4.69) is 24.8 Å². The lowest BCUT2D eigenvalue weighted by Gasteiger charge is -2.40. The molecule has 3 atom stereocenters. The molecule has 2 bridgehead atoms. The van der Waals surface area contributed by atoms with Gasteiger partial charge in [-0.25, -0.2) is 10.7 Å². The fraction of sp³-hybridized carbons (Fsp3) is 0.520. The van der Waals surface area contributed by atoms with Gasteiger partial charge in [0.05, 0.1) is 28.2 Å². The van der Waals surface area contributed by atoms with E-state index in [-0.39, 0.29) is 11.5 Å². The Hall–Kier alpha value is -2.40. The third-order valence-corrected chi connectivity index (χ3v) is 8.84. The van der Waals surface area contributed by atoms with Crippen molar-refractivity contribution in [3.63, 3.8) is 0 Å². The first-order chi connectivity index (χ1) is 15.3. The van der Waals surface area contributed by atoms with E-state index in [1.165, 1.54) is 4.88 Å². The lowest BCUT2D eigenvalue weighted by Crippen LogP contribution is -2.46. The van der Waals surface area contributed by atoms with Gasteiger partial charge in [0.1, 0.15) is 0 Å². The number of benzene rings is 1. The second kappa shape index (κ2) is 7.87. The van der Waals surface area contributed by atoms with Gasteiger partial charge in [-0.3, -0.25) is 0 Å². The normalized spacial score (nSPS) is 25.9. The van der Waals surface area contributed by atoms with Gasteiger partial charge in [0.2, 0.25) is 0 Å². The van der Waals surface area contributed by atoms with E-state index in [1.54, 1.807) is 11.3 Å². The minimum atomic E-state index is -0.873. The highest BCUT2D eigenvalue weighted by Gasteiger charge is 2.42. The molecular weight excluding hydrogens is 422 g/mol. The molecule has 3 N–H and O–H groups in total. The van der Waals surface area contributed by atoms with Gasteiger partial charge in [-0.2, -0.15) is 5.26 Å². The number of hydrogen-bond donors (Lipinski definition) is 2.